The highest BCUT2D eigenvalue weighted by Gasteiger charge is 2.44. The summed E-state index contributed by atoms with van der Waals surface area (Å²) in [5.74, 6) is 0. The van der Waals surface area contributed by atoms with Gasteiger partial charge in [-0.05, 0) is 37.8 Å². The Bertz CT molecular complexity index is 343. The van der Waals surface area contributed by atoms with Crippen molar-refractivity contribution >= 4 is 0 Å². The Kier molecular flexibility index (Phi) is 2.70. The van der Waals surface area contributed by atoms with E-state index in [0.29, 0.717) is 6.04 Å². The van der Waals surface area contributed by atoms with Crippen molar-refractivity contribution in [2.24, 2.45) is 0 Å². The number of hydrogen-bond donors (Lipinski definition) is 1. The van der Waals surface area contributed by atoms with Gasteiger partial charge in [-0.2, -0.15) is 0 Å². The van der Waals surface area contributed by atoms with Crippen LogP contribution in [-0.4, -0.2) is 18.8 Å². The second-order valence-corrected chi connectivity index (χ2v) is 4.92. The maximum Gasteiger partial charge on any atom is 0.0877 e. The quantitative estimate of drug-likeness (QED) is 0.781. The van der Waals surface area contributed by atoms with Crippen LogP contribution in [-0.2, 0) is 4.74 Å². The van der Waals surface area contributed by atoms with E-state index >= 15 is 0 Å². The summed E-state index contributed by atoms with van der Waals surface area (Å²) in [6.45, 7) is 2.05. The minimum atomic E-state index is 0.0829. The lowest BCUT2D eigenvalue weighted by Crippen LogP contribution is -2.48. The number of hydrogen-bond acceptors (Lipinski definition) is 2. The summed E-state index contributed by atoms with van der Waals surface area (Å²) in [5.41, 5.74) is 1.46. The van der Waals surface area contributed by atoms with Crippen molar-refractivity contribution in [3.8, 4) is 0 Å². The highest BCUT2D eigenvalue weighted by molar-refractivity contribution is 5.23. The third-order valence-electron chi connectivity index (χ3n) is 3.92. The highest BCUT2D eigenvalue weighted by atomic mass is 16.5. The molecule has 1 N–H and O–H groups in total. The van der Waals surface area contributed by atoms with E-state index in [-0.39, 0.29) is 5.60 Å². The van der Waals surface area contributed by atoms with Gasteiger partial charge < -0.3 is 10.1 Å². The van der Waals surface area contributed by atoms with E-state index in [4.69, 9.17) is 4.74 Å². The molecule has 2 unspecified atom stereocenters. The van der Waals surface area contributed by atoms with Crippen molar-refractivity contribution in [3.63, 3.8) is 0 Å². The molecule has 16 heavy (non-hydrogen) atoms. The second-order valence-electron chi connectivity index (χ2n) is 4.92. The fourth-order valence-electron chi connectivity index (χ4n) is 3.18. The van der Waals surface area contributed by atoms with Crippen LogP contribution in [0.5, 0.6) is 0 Å². The Balaban J connectivity index is 1.91. The molecule has 0 aromatic heterocycles. The van der Waals surface area contributed by atoms with Crippen LogP contribution in [0, 0.1) is 0 Å². The summed E-state index contributed by atoms with van der Waals surface area (Å²) >= 11 is 0. The number of nitrogens with one attached hydrogen (secondary N) is 1. The van der Waals surface area contributed by atoms with Gasteiger partial charge in [0.2, 0.25) is 0 Å². The minimum Gasteiger partial charge on any atom is -0.373 e. The average Bonchev–Trinajstić information content (AvgIpc) is 2.80. The van der Waals surface area contributed by atoms with Crippen molar-refractivity contribution in [1.82, 2.24) is 5.32 Å². The fourth-order valence-corrected chi connectivity index (χ4v) is 3.18. The minimum absolute atomic E-state index is 0.0829. The van der Waals surface area contributed by atoms with Crippen LogP contribution < -0.4 is 5.32 Å². The number of piperidine rings is 1. The Hall–Kier alpha value is -0.860. The zero-order valence-corrected chi connectivity index (χ0v) is 9.61. The summed E-state index contributed by atoms with van der Waals surface area (Å²) in [6, 6.07) is 11.1. The molecule has 2 atom stereocenters. The van der Waals surface area contributed by atoms with E-state index < -0.39 is 0 Å². The SMILES string of the molecule is c1ccc(C2NCCCC23CCCO3)cc1. The second kappa shape index (κ2) is 4.19. The molecule has 0 aliphatic carbocycles. The van der Waals surface area contributed by atoms with Crippen molar-refractivity contribution in [2.75, 3.05) is 13.2 Å². The molecule has 2 heteroatoms. The Morgan fingerprint density at radius 1 is 1.12 bits per heavy atom. The van der Waals surface area contributed by atoms with E-state index in [1.807, 2.05) is 0 Å². The van der Waals surface area contributed by atoms with Gasteiger partial charge >= 0.3 is 0 Å². The van der Waals surface area contributed by atoms with Gasteiger partial charge in [-0.3, -0.25) is 0 Å². The lowest BCUT2D eigenvalue weighted by atomic mass is 9.80. The van der Waals surface area contributed by atoms with Gasteiger partial charge in [0, 0.05) is 6.61 Å². The molecule has 2 nitrogen and oxygen atoms in total. The normalized spacial score (nSPS) is 34.4. The van der Waals surface area contributed by atoms with E-state index in [2.05, 4.69) is 35.6 Å². The predicted octanol–water partition coefficient (Wildman–Crippen LogP) is 2.66. The molecule has 1 aromatic rings. The number of ether oxygens (including phenoxy) is 1. The molecule has 2 aliphatic heterocycles. The first kappa shape index (κ1) is 10.3. The predicted molar refractivity (Wildman–Crippen MR) is 64.3 cm³/mol. The molecule has 0 amide bonds. The molecule has 3 rings (SSSR count). The average molecular weight is 217 g/mol. The molecule has 1 aromatic carbocycles. The molecule has 0 bridgehead atoms. The van der Waals surface area contributed by atoms with Gasteiger partial charge in [-0.25, -0.2) is 0 Å². The van der Waals surface area contributed by atoms with Gasteiger partial charge in [0.15, 0.2) is 0 Å². The van der Waals surface area contributed by atoms with E-state index in [1.165, 1.54) is 31.2 Å². The third kappa shape index (κ3) is 1.66. The summed E-state index contributed by atoms with van der Waals surface area (Å²) in [6.07, 6.45) is 4.87. The van der Waals surface area contributed by atoms with Crippen LogP contribution >= 0.6 is 0 Å². The van der Waals surface area contributed by atoms with Gasteiger partial charge in [0.1, 0.15) is 0 Å². The van der Waals surface area contributed by atoms with Crippen LogP contribution in [0.1, 0.15) is 37.3 Å². The molecular formula is C14H19NO. The zero-order valence-electron chi connectivity index (χ0n) is 9.61. The maximum atomic E-state index is 6.09. The van der Waals surface area contributed by atoms with Gasteiger partial charge in [0.05, 0.1) is 11.6 Å². The van der Waals surface area contributed by atoms with E-state index in [1.54, 1.807) is 0 Å². The Morgan fingerprint density at radius 2 is 1.94 bits per heavy atom. The Labute approximate surface area is 97.0 Å². The fraction of sp³-hybridized carbons (Fsp3) is 0.571. The topological polar surface area (TPSA) is 21.3 Å². The summed E-state index contributed by atoms with van der Waals surface area (Å²) in [7, 11) is 0. The summed E-state index contributed by atoms with van der Waals surface area (Å²) in [4.78, 5) is 0. The van der Waals surface area contributed by atoms with Crippen LogP contribution in [0.3, 0.4) is 0 Å². The van der Waals surface area contributed by atoms with Gasteiger partial charge in [-0.15, -0.1) is 0 Å². The lowest BCUT2D eigenvalue weighted by molar-refractivity contribution is -0.0483. The molecule has 2 heterocycles. The van der Waals surface area contributed by atoms with Crippen molar-refractivity contribution in [1.29, 1.82) is 0 Å². The first-order valence-corrected chi connectivity index (χ1v) is 6.33. The highest BCUT2D eigenvalue weighted by Crippen LogP contribution is 2.43. The smallest absolute Gasteiger partial charge is 0.0877 e. The van der Waals surface area contributed by atoms with Crippen LogP contribution in [0.4, 0.5) is 0 Å². The van der Waals surface area contributed by atoms with Crippen molar-refractivity contribution in [2.45, 2.75) is 37.3 Å². The molecule has 2 aliphatic rings. The van der Waals surface area contributed by atoms with Gasteiger partial charge in [0.25, 0.3) is 0 Å². The van der Waals surface area contributed by atoms with Crippen molar-refractivity contribution in [3.05, 3.63) is 35.9 Å². The summed E-state index contributed by atoms with van der Waals surface area (Å²) < 4.78 is 6.09. The first-order chi connectivity index (χ1) is 7.91. The summed E-state index contributed by atoms with van der Waals surface area (Å²) in [5, 5.41) is 3.64. The largest absolute Gasteiger partial charge is 0.373 e. The standard InChI is InChI=1S/C14H19NO/c1-2-6-12(7-3-1)13-14(8-4-10-15-13)9-5-11-16-14/h1-3,6-7,13,15H,4-5,8-11H2. The monoisotopic (exact) mass is 217 g/mol. The molecule has 1 spiro atoms. The molecule has 0 saturated carbocycles. The molecular weight excluding hydrogens is 198 g/mol. The van der Waals surface area contributed by atoms with E-state index in [9.17, 15) is 0 Å². The van der Waals surface area contributed by atoms with Crippen molar-refractivity contribution < 1.29 is 4.74 Å². The van der Waals surface area contributed by atoms with Gasteiger partial charge in [-0.1, -0.05) is 30.3 Å². The zero-order chi connectivity index (χ0) is 10.8. The molecule has 2 saturated heterocycles. The number of benzene rings is 1. The third-order valence-corrected chi connectivity index (χ3v) is 3.92. The van der Waals surface area contributed by atoms with Crippen LogP contribution in [0.15, 0.2) is 30.3 Å². The van der Waals surface area contributed by atoms with Crippen LogP contribution in [0.25, 0.3) is 0 Å². The number of rotatable bonds is 1. The maximum absolute atomic E-state index is 6.09. The Morgan fingerprint density at radius 3 is 2.69 bits per heavy atom. The lowest BCUT2D eigenvalue weighted by Gasteiger charge is -2.41. The first-order valence-electron chi connectivity index (χ1n) is 6.33. The van der Waals surface area contributed by atoms with Crippen LogP contribution in [0.2, 0.25) is 0 Å². The molecule has 0 radical (unpaired) electrons. The molecule has 86 valence electrons. The van der Waals surface area contributed by atoms with E-state index in [0.717, 1.165) is 13.2 Å². The molecule has 2 fully saturated rings.